The zero-order chi connectivity index (χ0) is 16.5. The summed E-state index contributed by atoms with van der Waals surface area (Å²) in [6.07, 6.45) is 4.17. The largest absolute Gasteiger partial charge is 0.469 e. The van der Waals surface area contributed by atoms with Crippen LogP contribution in [0.4, 0.5) is 5.69 Å². The molecule has 124 valence electrons. The molecule has 4 nitrogen and oxygen atoms in total. The standard InChI is InChI=1S/C20H22N2O2/c1-3-12-11-22-9-8-20-14-6-4-5-7-15(14)21-18(20)16(22)10-13(12)17(20)19(23)24-2/h3-7,13,16-17H,8-11H2,1-2H3/t13-,16-,17?,20-/m0/s1. The molecule has 2 saturated heterocycles. The fourth-order valence-corrected chi connectivity index (χ4v) is 5.77. The lowest BCUT2D eigenvalue weighted by molar-refractivity contribution is -0.151. The van der Waals surface area contributed by atoms with Crippen LogP contribution < -0.4 is 0 Å². The van der Waals surface area contributed by atoms with E-state index in [0.717, 1.165) is 31.6 Å². The number of carbonyl (C=O) groups is 1. The second-order valence-corrected chi connectivity index (χ2v) is 7.43. The Bertz CT molecular complexity index is 797. The Kier molecular flexibility index (Phi) is 2.88. The summed E-state index contributed by atoms with van der Waals surface area (Å²) in [5, 5.41) is 0. The van der Waals surface area contributed by atoms with Gasteiger partial charge in [0.15, 0.2) is 0 Å². The van der Waals surface area contributed by atoms with Crippen molar-refractivity contribution < 1.29 is 9.53 Å². The third kappa shape index (κ3) is 1.53. The Morgan fingerprint density at radius 3 is 3.04 bits per heavy atom. The predicted octanol–water partition coefficient (Wildman–Crippen LogP) is 2.85. The van der Waals surface area contributed by atoms with Crippen LogP contribution in [-0.2, 0) is 14.9 Å². The van der Waals surface area contributed by atoms with Gasteiger partial charge in [-0.15, -0.1) is 0 Å². The molecule has 24 heavy (non-hydrogen) atoms. The van der Waals surface area contributed by atoms with Gasteiger partial charge >= 0.3 is 5.97 Å². The van der Waals surface area contributed by atoms with E-state index < -0.39 is 0 Å². The van der Waals surface area contributed by atoms with Crippen LogP contribution in [0.3, 0.4) is 0 Å². The molecule has 1 saturated carbocycles. The number of ether oxygens (including phenoxy) is 1. The molecular weight excluding hydrogens is 300 g/mol. The van der Waals surface area contributed by atoms with Gasteiger partial charge < -0.3 is 4.74 Å². The summed E-state index contributed by atoms with van der Waals surface area (Å²) in [6, 6.07) is 8.76. The molecule has 1 aliphatic carbocycles. The van der Waals surface area contributed by atoms with Crippen LogP contribution in [0.1, 0.15) is 25.3 Å². The number of piperidine rings is 2. The maximum atomic E-state index is 12.9. The van der Waals surface area contributed by atoms with Crippen LogP contribution in [0, 0.1) is 11.8 Å². The summed E-state index contributed by atoms with van der Waals surface area (Å²) in [5.41, 5.74) is 4.64. The van der Waals surface area contributed by atoms with E-state index in [1.54, 1.807) is 0 Å². The lowest BCUT2D eigenvalue weighted by Crippen LogP contribution is -2.68. The third-order valence-corrected chi connectivity index (χ3v) is 6.73. The minimum Gasteiger partial charge on any atom is -0.469 e. The van der Waals surface area contributed by atoms with Gasteiger partial charge in [0.1, 0.15) is 0 Å². The summed E-state index contributed by atoms with van der Waals surface area (Å²) in [4.78, 5) is 20.5. The second-order valence-electron chi connectivity index (χ2n) is 7.43. The van der Waals surface area contributed by atoms with Crippen molar-refractivity contribution in [2.24, 2.45) is 16.8 Å². The Morgan fingerprint density at radius 2 is 2.25 bits per heavy atom. The maximum absolute atomic E-state index is 12.9. The number of hydrogen-bond acceptors (Lipinski definition) is 4. The molecule has 1 unspecified atom stereocenters. The first kappa shape index (κ1) is 14.4. The molecular formula is C20H22N2O2. The van der Waals surface area contributed by atoms with E-state index in [1.807, 2.05) is 6.07 Å². The molecule has 3 heterocycles. The van der Waals surface area contributed by atoms with Gasteiger partial charge in [-0.2, -0.15) is 0 Å². The SMILES string of the molecule is CC=C1CN2CC[C@]34C(=Nc5ccccc53)[C@@H]2C[C@@H]1C4C(=O)OC. The van der Waals surface area contributed by atoms with Gasteiger partial charge in [0.2, 0.25) is 0 Å². The Labute approximate surface area is 142 Å². The number of carbonyl (C=O) groups excluding carboxylic acids is 1. The van der Waals surface area contributed by atoms with E-state index in [4.69, 9.17) is 9.73 Å². The fraction of sp³-hybridized carbons (Fsp3) is 0.500. The fourth-order valence-electron chi connectivity index (χ4n) is 5.77. The number of rotatable bonds is 1. The quantitative estimate of drug-likeness (QED) is 0.590. The van der Waals surface area contributed by atoms with Crippen molar-refractivity contribution in [3.05, 3.63) is 41.5 Å². The van der Waals surface area contributed by atoms with Crippen LogP contribution in [0.25, 0.3) is 0 Å². The molecule has 3 aliphatic heterocycles. The molecule has 0 spiro atoms. The minimum absolute atomic E-state index is 0.0717. The number of hydrogen-bond donors (Lipinski definition) is 0. The lowest BCUT2D eigenvalue weighted by Gasteiger charge is -2.59. The van der Waals surface area contributed by atoms with Gasteiger partial charge in [0, 0.05) is 24.8 Å². The van der Waals surface area contributed by atoms with Crippen molar-refractivity contribution in [3.63, 3.8) is 0 Å². The lowest BCUT2D eigenvalue weighted by atomic mass is 9.51. The topological polar surface area (TPSA) is 41.9 Å². The van der Waals surface area contributed by atoms with E-state index in [0.29, 0.717) is 6.04 Å². The predicted molar refractivity (Wildman–Crippen MR) is 92.6 cm³/mol. The number of allylic oxidation sites excluding steroid dienone is 1. The molecule has 4 heteroatoms. The normalized spacial score (nSPS) is 37.8. The van der Waals surface area contributed by atoms with Crippen molar-refractivity contribution in [1.29, 1.82) is 0 Å². The minimum atomic E-state index is -0.261. The molecule has 0 amide bonds. The van der Waals surface area contributed by atoms with Gasteiger partial charge in [0.05, 0.1) is 24.1 Å². The molecule has 4 aliphatic rings. The zero-order valence-corrected chi connectivity index (χ0v) is 14.2. The number of aliphatic imine (C=N–C) groups is 1. The molecule has 0 N–H and O–H groups in total. The van der Waals surface area contributed by atoms with Gasteiger partial charge in [0.25, 0.3) is 0 Å². The highest BCUT2D eigenvalue weighted by atomic mass is 16.5. The Morgan fingerprint density at radius 1 is 1.42 bits per heavy atom. The Balaban J connectivity index is 1.79. The molecule has 1 aromatic carbocycles. The highest BCUT2D eigenvalue weighted by Gasteiger charge is 2.65. The van der Waals surface area contributed by atoms with Crippen molar-refractivity contribution in [3.8, 4) is 0 Å². The first-order chi connectivity index (χ1) is 11.7. The number of methoxy groups -OCH3 is 1. The summed E-state index contributed by atoms with van der Waals surface area (Å²) in [5.74, 6) is 0.0569. The van der Waals surface area contributed by atoms with E-state index in [2.05, 4.69) is 36.1 Å². The summed E-state index contributed by atoms with van der Waals surface area (Å²) in [7, 11) is 1.52. The van der Waals surface area contributed by atoms with Crippen LogP contribution in [0.2, 0.25) is 0 Å². The molecule has 1 aromatic rings. The van der Waals surface area contributed by atoms with Crippen LogP contribution in [0.5, 0.6) is 0 Å². The summed E-state index contributed by atoms with van der Waals surface area (Å²) < 4.78 is 5.31. The number of fused-ring (bicyclic) bond motifs is 2. The van der Waals surface area contributed by atoms with Gasteiger partial charge in [-0.1, -0.05) is 29.8 Å². The van der Waals surface area contributed by atoms with E-state index in [9.17, 15) is 4.79 Å². The van der Waals surface area contributed by atoms with E-state index >= 15 is 0 Å². The molecule has 0 aromatic heterocycles. The monoisotopic (exact) mass is 322 g/mol. The summed E-state index contributed by atoms with van der Waals surface area (Å²) >= 11 is 0. The van der Waals surface area contributed by atoms with Crippen molar-refractivity contribution in [1.82, 2.24) is 4.90 Å². The van der Waals surface area contributed by atoms with Crippen LogP contribution in [0.15, 0.2) is 40.9 Å². The van der Waals surface area contributed by atoms with Crippen LogP contribution >= 0.6 is 0 Å². The number of para-hydroxylation sites is 1. The molecule has 3 fully saturated rings. The molecule has 4 atom stereocenters. The maximum Gasteiger partial charge on any atom is 0.310 e. The Hall–Kier alpha value is -1.94. The van der Waals surface area contributed by atoms with Gasteiger partial charge in [-0.05, 0) is 37.3 Å². The summed E-state index contributed by atoms with van der Waals surface area (Å²) in [6.45, 7) is 4.09. The van der Waals surface area contributed by atoms with Gasteiger partial charge in [-0.3, -0.25) is 14.7 Å². The highest BCUT2D eigenvalue weighted by molar-refractivity contribution is 6.09. The first-order valence-electron chi connectivity index (χ1n) is 8.86. The number of esters is 1. The molecule has 0 radical (unpaired) electrons. The van der Waals surface area contributed by atoms with Crippen LogP contribution in [-0.4, -0.2) is 42.8 Å². The molecule has 3 bridgehead atoms. The van der Waals surface area contributed by atoms with E-state index in [1.165, 1.54) is 24.0 Å². The average Bonchev–Trinajstić information content (AvgIpc) is 2.96. The van der Waals surface area contributed by atoms with Gasteiger partial charge in [-0.25, -0.2) is 0 Å². The average molecular weight is 322 g/mol. The number of nitrogens with zero attached hydrogens (tertiary/aromatic N) is 2. The second kappa shape index (κ2) is 4.79. The van der Waals surface area contributed by atoms with Crippen molar-refractivity contribution in [2.45, 2.75) is 31.2 Å². The van der Waals surface area contributed by atoms with Crippen molar-refractivity contribution >= 4 is 17.4 Å². The first-order valence-corrected chi connectivity index (χ1v) is 8.86. The smallest absolute Gasteiger partial charge is 0.310 e. The number of benzene rings is 1. The van der Waals surface area contributed by atoms with E-state index in [-0.39, 0.29) is 23.2 Å². The zero-order valence-electron chi connectivity index (χ0n) is 14.2. The highest BCUT2D eigenvalue weighted by Crippen LogP contribution is 2.60. The van der Waals surface area contributed by atoms with Crippen molar-refractivity contribution in [2.75, 3.05) is 20.2 Å². The molecule has 5 rings (SSSR count). The third-order valence-electron chi connectivity index (χ3n) is 6.73.